The highest BCUT2D eigenvalue weighted by atomic mass is 16.5. The molecule has 0 aromatic heterocycles. The number of hydrogen-bond donors (Lipinski definition) is 2. The van der Waals surface area contributed by atoms with Crippen LogP contribution >= 0.6 is 0 Å². The SMILES string of the molecule is CCOC(=O)Nc1ccc(NC2CCCC2)cc1. The third-order valence-electron chi connectivity index (χ3n) is 3.13. The average molecular weight is 248 g/mol. The predicted molar refractivity (Wildman–Crippen MR) is 73.0 cm³/mol. The molecular weight excluding hydrogens is 228 g/mol. The van der Waals surface area contributed by atoms with Crippen LogP contribution in [0.1, 0.15) is 32.6 Å². The van der Waals surface area contributed by atoms with Gasteiger partial charge in [0, 0.05) is 17.4 Å². The van der Waals surface area contributed by atoms with Crippen LogP contribution in [0.25, 0.3) is 0 Å². The van der Waals surface area contributed by atoms with Gasteiger partial charge in [-0.25, -0.2) is 4.79 Å². The van der Waals surface area contributed by atoms with Crippen molar-refractivity contribution in [3.63, 3.8) is 0 Å². The summed E-state index contributed by atoms with van der Waals surface area (Å²) < 4.78 is 4.82. The number of carbonyl (C=O) groups is 1. The molecule has 0 aliphatic heterocycles. The van der Waals surface area contributed by atoms with Gasteiger partial charge in [0.25, 0.3) is 0 Å². The molecular formula is C14H20N2O2. The number of amides is 1. The zero-order valence-electron chi connectivity index (χ0n) is 10.7. The van der Waals surface area contributed by atoms with Gasteiger partial charge >= 0.3 is 6.09 Å². The van der Waals surface area contributed by atoms with E-state index in [2.05, 4.69) is 10.6 Å². The predicted octanol–water partition coefficient (Wildman–Crippen LogP) is 3.61. The first-order valence-corrected chi connectivity index (χ1v) is 6.58. The van der Waals surface area contributed by atoms with Crippen LogP contribution in [0.2, 0.25) is 0 Å². The van der Waals surface area contributed by atoms with Gasteiger partial charge in [-0.05, 0) is 44.0 Å². The Labute approximate surface area is 108 Å². The van der Waals surface area contributed by atoms with Crippen LogP contribution in [-0.2, 0) is 4.74 Å². The monoisotopic (exact) mass is 248 g/mol. The normalized spacial score (nSPS) is 15.4. The first-order valence-electron chi connectivity index (χ1n) is 6.58. The van der Waals surface area contributed by atoms with Crippen molar-refractivity contribution < 1.29 is 9.53 Å². The number of nitrogens with one attached hydrogen (secondary N) is 2. The second kappa shape index (κ2) is 6.28. The van der Waals surface area contributed by atoms with Gasteiger partial charge in [0.2, 0.25) is 0 Å². The molecule has 1 fully saturated rings. The molecule has 1 aliphatic carbocycles. The molecule has 98 valence electrons. The molecule has 1 aromatic rings. The van der Waals surface area contributed by atoms with Gasteiger partial charge in [-0.1, -0.05) is 12.8 Å². The van der Waals surface area contributed by atoms with Gasteiger partial charge in [0.15, 0.2) is 0 Å². The van der Waals surface area contributed by atoms with Crippen molar-refractivity contribution >= 4 is 17.5 Å². The number of anilines is 2. The van der Waals surface area contributed by atoms with E-state index in [-0.39, 0.29) is 0 Å². The van der Waals surface area contributed by atoms with E-state index in [0.29, 0.717) is 12.6 Å². The maximum absolute atomic E-state index is 11.2. The summed E-state index contributed by atoms with van der Waals surface area (Å²) in [5, 5.41) is 6.18. The van der Waals surface area contributed by atoms with Crippen molar-refractivity contribution in [2.45, 2.75) is 38.6 Å². The molecule has 4 nitrogen and oxygen atoms in total. The summed E-state index contributed by atoms with van der Waals surface area (Å²) in [4.78, 5) is 11.2. The minimum Gasteiger partial charge on any atom is -0.450 e. The number of hydrogen-bond acceptors (Lipinski definition) is 3. The highest BCUT2D eigenvalue weighted by Gasteiger charge is 2.14. The van der Waals surface area contributed by atoms with Crippen LogP contribution < -0.4 is 10.6 Å². The lowest BCUT2D eigenvalue weighted by Crippen LogP contribution is -2.15. The van der Waals surface area contributed by atoms with E-state index in [1.165, 1.54) is 25.7 Å². The first kappa shape index (κ1) is 12.7. The molecule has 1 amide bonds. The van der Waals surface area contributed by atoms with E-state index in [1.807, 2.05) is 24.3 Å². The number of carbonyl (C=O) groups excluding carboxylic acids is 1. The van der Waals surface area contributed by atoms with Crippen molar-refractivity contribution in [1.82, 2.24) is 0 Å². The number of rotatable bonds is 4. The van der Waals surface area contributed by atoms with Crippen molar-refractivity contribution in [2.75, 3.05) is 17.2 Å². The maximum Gasteiger partial charge on any atom is 0.411 e. The van der Waals surface area contributed by atoms with Crippen LogP contribution in [0.4, 0.5) is 16.2 Å². The largest absolute Gasteiger partial charge is 0.450 e. The number of benzene rings is 1. The summed E-state index contributed by atoms with van der Waals surface area (Å²) in [5.74, 6) is 0. The molecule has 1 aliphatic rings. The smallest absolute Gasteiger partial charge is 0.411 e. The Morgan fingerprint density at radius 1 is 1.22 bits per heavy atom. The van der Waals surface area contributed by atoms with E-state index < -0.39 is 6.09 Å². The van der Waals surface area contributed by atoms with E-state index in [1.54, 1.807) is 6.92 Å². The average Bonchev–Trinajstić information content (AvgIpc) is 2.85. The van der Waals surface area contributed by atoms with Crippen LogP contribution in [0.3, 0.4) is 0 Å². The maximum atomic E-state index is 11.2. The Morgan fingerprint density at radius 3 is 2.44 bits per heavy atom. The minimum atomic E-state index is -0.408. The highest BCUT2D eigenvalue weighted by Crippen LogP contribution is 2.23. The van der Waals surface area contributed by atoms with E-state index in [4.69, 9.17) is 4.74 Å². The quantitative estimate of drug-likeness (QED) is 0.855. The molecule has 0 atom stereocenters. The lowest BCUT2D eigenvalue weighted by Gasteiger charge is -2.13. The van der Waals surface area contributed by atoms with Crippen LogP contribution in [0, 0.1) is 0 Å². The van der Waals surface area contributed by atoms with Crippen LogP contribution in [0.5, 0.6) is 0 Å². The fourth-order valence-corrected chi connectivity index (χ4v) is 2.24. The summed E-state index contributed by atoms with van der Waals surface area (Å²) in [6.07, 6.45) is 4.74. The van der Waals surface area contributed by atoms with Crippen molar-refractivity contribution in [3.8, 4) is 0 Å². The Kier molecular flexibility index (Phi) is 4.45. The molecule has 0 saturated heterocycles. The summed E-state index contributed by atoms with van der Waals surface area (Å²) in [6, 6.07) is 8.34. The molecule has 0 radical (unpaired) electrons. The molecule has 0 unspecified atom stereocenters. The Bertz CT molecular complexity index is 383. The van der Waals surface area contributed by atoms with Gasteiger partial charge in [-0.3, -0.25) is 5.32 Å². The lowest BCUT2D eigenvalue weighted by atomic mass is 10.2. The van der Waals surface area contributed by atoms with E-state index in [0.717, 1.165) is 11.4 Å². The van der Waals surface area contributed by atoms with Crippen molar-refractivity contribution in [1.29, 1.82) is 0 Å². The van der Waals surface area contributed by atoms with E-state index >= 15 is 0 Å². The van der Waals surface area contributed by atoms with Crippen LogP contribution in [0.15, 0.2) is 24.3 Å². The summed E-state index contributed by atoms with van der Waals surface area (Å²) in [6.45, 7) is 2.17. The molecule has 1 aromatic carbocycles. The molecule has 4 heteroatoms. The molecule has 1 saturated carbocycles. The lowest BCUT2D eigenvalue weighted by molar-refractivity contribution is 0.168. The van der Waals surface area contributed by atoms with Crippen molar-refractivity contribution in [2.24, 2.45) is 0 Å². The molecule has 0 spiro atoms. The third kappa shape index (κ3) is 3.65. The second-order valence-electron chi connectivity index (χ2n) is 4.55. The molecule has 2 N–H and O–H groups in total. The molecule has 0 bridgehead atoms. The topological polar surface area (TPSA) is 50.4 Å². The van der Waals surface area contributed by atoms with Gasteiger partial charge < -0.3 is 10.1 Å². The summed E-state index contributed by atoms with van der Waals surface area (Å²) in [5.41, 5.74) is 1.86. The van der Waals surface area contributed by atoms with Gasteiger partial charge in [0.1, 0.15) is 0 Å². The molecule has 0 heterocycles. The minimum absolute atomic E-state index is 0.382. The highest BCUT2D eigenvalue weighted by molar-refractivity contribution is 5.84. The standard InChI is InChI=1S/C14H20N2O2/c1-2-18-14(17)16-13-9-7-12(8-10-13)15-11-5-3-4-6-11/h7-11,15H,2-6H2,1H3,(H,16,17). The van der Waals surface area contributed by atoms with Gasteiger partial charge in [-0.15, -0.1) is 0 Å². The zero-order valence-corrected chi connectivity index (χ0v) is 10.7. The fourth-order valence-electron chi connectivity index (χ4n) is 2.24. The summed E-state index contributed by atoms with van der Waals surface area (Å²) in [7, 11) is 0. The Balaban J connectivity index is 1.86. The Morgan fingerprint density at radius 2 is 1.83 bits per heavy atom. The van der Waals surface area contributed by atoms with E-state index in [9.17, 15) is 4.79 Å². The Hall–Kier alpha value is -1.71. The third-order valence-corrected chi connectivity index (χ3v) is 3.13. The van der Waals surface area contributed by atoms with Crippen molar-refractivity contribution in [3.05, 3.63) is 24.3 Å². The molecule has 18 heavy (non-hydrogen) atoms. The van der Waals surface area contributed by atoms with Gasteiger partial charge in [-0.2, -0.15) is 0 Å². The first-order chi connectivity index (χ1) is 8.78. The summed E-state index contributed by atoms with van der Waals surface area (Å²) >= 11 is 0. The number of ether oxygens (including phenoxy) is 1. The molecule has 2 rings (SSSR count). The fraction of sp³-hybridized carbons (Fsp3) is 0.500. The van der Waals surface area contributed by atoms with Gasteiger partial charge in [0.05, 0.1) is 6.61 Å². The zero-order chi connectivity index (χ0) is 12.8. The van der Waals surface area contributed by atoms with Crippen LogP contribution in [-0.4, -0.2) is 18.7 Å². The second-order valence-corrected chi connectivity index (χ2v) is 4.55.